The average molecular weight is 569 g/mol. The molecule has 2 aromatic carbocycles. The van der Waals surface area contributed by atoms with E-state index in [2.05, 4.69) is 67.7 Å². The van der Waals surface area contributed by atoms with Crippen molar-refractivity contribution in [2.24, 2.45) is 5.92 Å². The van der Waals surface area contributed by atoms with Gasteiger partial charge in [0.25, 0.3) is 0 Å². The van der Waals surface area contributed by atoms with Crippen LogP contribution in [0.2, 0.25) is 0 Å². The SMILES string of the molecule is COC(=O)N[C@H](C(=O)N1CCC[C@H]1c1ncc(-c2ccc(-c3cn4c(-c5ccccc5)csc4n3)cc2)[nH]1)C(C)C. The summed E-state index contributed by atoms with van der Waals surface area (Å²) in [6.07, 6.45) is 4.98. The van der Waals surface area contributed by atoms with Crippen molar-refractivity contribution in [2.75, 3.05) is 13.7 Å². The Hall–Kier alpha value is -4.44. The summed E-state index contributed by atoms with van der Waals surface area (Å²) in [5.41, 5.74) is 6.14. The van der Waals surface area contributed by atoms with Gasteiger partial charge in [-0.15, -0.1) is 11.3 Å². The van der Waals surface area contributed by atoms with Gasteiger partial charge in [-0.2, -0.15) is 0 Å². The Morgan fingerprint density at radius 2 is 1.83 bits per heavy atom. The number of carbonyl (C=O) groups excluding carboxylic acids is 2. The number of H-pyrrole nitrogens is 1. The topological polar surface area (TPSA) is 105 Å². The molecule has 10 heteroatoms. The second kappa shape index (κ2) is 11.2. The van der Waals surface area contributed by atoms with Gasteiger partial charge in [-0.1, -0.05) is 68.4 Å². The van der Waals surface area contributed by atoms with E-state index in [4.69, 9.17) is 9.72 Å². The number of benzene rings is 2. The molecule has 5 aromatic rings. The molecule has 0 unspecified atom stereocenters. The number of fused-ring (bicyclic) bond motifs is 1. The van der Waals surface area contributed by atoms with E-state index in [1.54, 1.807) is 11.3 Å². The van der Waals surface area contributed by atoms with Crippen molar-refractivity contribution < 1.29 is 14.3 Å². The normalized spacial score (nSPS) is 15.9. The number of nitrogens with one attached hydrogen (secondary N) is 2. The maximum atomic E-state index is 13.4. The number of thiazole rings is 1. The van der Waals surface area contributed by atoms with E-state index in [-0.39, 0.29) is 17.9 Å². The van der Waals surface area contributed by atoms with Crippen LogP contribution in [-0.2, 0) is 9.53 Å². The van der Waals surface area contributed by atoms with Crippen molar-refractivity contribution in [1.29, 1.82) is 0 Å². The van der Waals surface area contributed by atoms with Gasteiger partial charge < -0.3 is 19.9 Å². The van der Waals surface area contributed by atoms with Crippen molar-refractivity contribution in [3.63, 3.8) is 0 Å². The first-order valence-electron chi connectivity index (χ1n) is 13.8. The van der Waals surface area contributed by atoms with Gasteiger partial charge in [-0.25, -0.2) is 14.8 Å². The number of aromatic amines is 1. The summed E-state index contributed by atoms with van der Waals surface area (Å²) in [6, 6.07) is 17.8. The smallest absolute Gasteiger partial charge is 0.407 e. The number of imidazole rings is 2. The molecule has 6 rings (SSSR count). The summed E-state index contributed by atoms with van der Waals surface area (Å²) in [7, 11) is 1.30. The molecule has 0 bridgehead atoms. The van der Waals surface area contributed by atoms with Crippen molar-refractivity contribution in [1.82, 2.24) is 29.6 Å². The number of aromatic nitrogens is 4. The third-order valence-electron chi connectivity index (χ3n) is 7.61. The van der Waals surface area contributed by atoms with Crippen LogP contribution in [0.5, 0.6) is 0 Å². The van der Waals surface area contributed by atoms with Gasteiger partial charge >= 0.3 is 6.09 Å². The molecule has 9 nitrogen and oxygen atoms in total. The highest BCUT2D eigenvalue weighted by molar-refractivity contribution is 7.15. The van der Waals surface area contributed by atoms with Gasteiger partial charge in [-0.3, -0.25) is 9.20 Å². The molecule has 2 amide bonds. The van der Waals surface area contributed by atoms with Crippen LogP contribution in [0.25, 0.3) is 38.7 Å². The number of hydrogen-bond donors (Lipinski definition) is 2. The van der Waals surface area contributed by atoms with Crippen LogP contribution in [0.3, 0.4) is 0 Å². The zero-order valence-electron chi connectivity index (χ0n) is 23.2. The predicted octanol–water partition coefficient (Wildman–Crippen LogP) is 6.16. The molecule has 1 aliphatic rings. The molecular formula is C31H32N6O3S. The molecule has 2 atom stereocenters. The quantitative estimate of drug-likeness (QED) is 0.245. The summed E-state index contributed by atoms with van der Waals surface area (Å²) in [4.78, 5) is 41.0. The van der Waals surface area contributed by atoms with Crippen molar-refractivity contribution >= 4 is 28.3 Å². The molecule has 41 heavy (non-hydrogen) atoms. The van der Waals surface area contributed by atoms with Crippen LogP contribution in [-0.4, -0.2) is 55.9 Å². The zero-order valence-corrected chi connectivity index (χ0v) is 24.0. The molecule has 4 heterocycles. The second-order valence-corrected chi connectivity index (χ2v) is 11.4. The zero-order chi connectivity index (χ0) is 28.5. The molecule has 210 valence electrons. The third kappa shape index (κ3) is 5.22. The number of ether oxygens (including phenoxy) is 1. The summed E-state index contributed by atoms with van der Waals surface area (Å²) >= 11 is 1.63. The Labute approximate surface area is 242 Å². The van der Waals surface area contributed by atoms with Crippen molar-refractivity contribution in [3.8, 4) is 33.8 Å². The first kappa shape index (κ1) is 26.8. The van der Waals surface area contributed by atoms with Gasteiger partial charge in [0, 0.05) is 23.7 Å². The van der Waals surface area contributed by atoms with E-state index >= 15 is 0 Å². The molecule has 0 spiro atoms. The Bertz CT molecular complexity index is 1670. The lowest BCUT2D eigenvalue weighted by atomic mass is 10.0. The number of amides is 2. The molecule has 3 aromatic heterocycles. The third-order valence-corrected chi connectivity index (χ3v) is 8.45. The summed E-state index contributed by atoms with van der Waals surface area (Å²) in [5.74, 6) is 0.549. The van der Waals surface area contributed by atoms with Crippen LogP contribution >= 0.6 is 11.3 Å². The van der Waals surface area contributed by atoms with E-state index in [1.165, 1.54) is 7.11 Å². The monoisotopic (exact) mass is 568 g/mol. The largest absolute Gasteiger partial charge is 0.453 e. The molecule has 1 saturated heterocycles. The fourth-order valence-corrected chi connectivity index (χ4v) is 6.29. The number of alkyl carbamates (subject to hydrolysis) is 1. The number of nitrogens with zero attached hydrogens (tertiary/aromatic N) is 4. The Kier molecular flexibility index (Phi) is 7.32. The lowest BCUT2D eigenvalue weighted by molar-refractivity contribution is -0.135. The molecule has 0 radical (unpaired) electrons. The van der Waals surface area contributed by atoms with Crippen molar-refractivity contribution in [3.05, 3.63) is 78.2 Å². The summed E-state index contributed by atoms with van der Waals surface area (Å²) in [6.45, 7) is 4.44. The van der Waals surface area contributed by atoms with Gasteiger partial charge in [-0.05, 0) is 29.9 Å². The number of methoxy groups -OCH3 is 1. The molecule has 1 aliphatic heterocycles. The fourth-order valence-electron chi connectivity index (χ4n) is 5.41. The number of rotatable bonds is 7. The van der Waals surface area contributed by atoms with Crippen LogP contribution in [0.4, 0.5) is 4.79 Å². The van der Waals surface area contributed by atoms with E-state index in [0.717, 1.165) is 57.4 Å². The maximum Gasteiger partial charge on any atom is 0.407 e. The van der Waals surface area contributed by atoms with Crippen LogP contribution in [0, 0.1) is 5.92 Å². The standard InChI is InChI=1S/C31H32N6O3S/c1-19(2)27(35-31(39)40-3)29(38)36-15-7-10-25(36)28-32-16-23(33-28)20-11-13-21(14-12-20)24-17-37-26(18-41-30(37)34-24)22-8-5-4-6-9-22/h4-6,8-9,11-14,16-19,25,27H,7,10,15H2,1-3H3,(H,32,33)(H,35,39)/t25-,27-/m0/s1. The van der Waals surface area contributed by atoms with Gasteiger partial charge in [0.15, 0.2) is 4.96 Å². The fraction of sp³-hybridized carbons (Fsp3) is 0.290. The minimum Gasteiger partial charge on any atom is -0.453 e. The Morgan fingerprint density at radius 3 is 2.56 bits per heavy atom. The van der Waals surface area contributed by atoms with Gasteiger partial charge in [0.05, 0.1) is 36.4 Å². The van der Waals surface area contributed by atoms with Gasteiger partial charge in [0.2, 0.25) is 5.91 Å². The van der Waals surface area contributed by atoms with E-state index in [9.17, 15) is 9.59 Å². The van der Waals surface area contributed by atoms with Crippen LogP contribution in [0.15, 0.2) is 72.4 Å². The van der Waals surface area contributed by atoms with Crippen LogP contribution < -0.4 is 5.32 Å². The highest BCUT2D eigenvalue weighted by Gasteiger charge is 2.37. The first-order chi connectivity index (χ1) is 19.9. The molecule has 1 fully saturated rings. The van der Waals surface area contributed by atoms with Crippen LogP contribution in [0.1, 0.15) is 38.6 Å². The van der Waals surface area contributed by atoms with E-state index in [1.807, 2.05) is 43.1 Å². The second-order valence-electron chi connectivity index (χ2n) is 10.6. The highest BCUT2D eigenvalue weighted by Crippen LogP contribution is 2.34. The lowest BCUT2D eigenvalue weighted by Gasteiger charge is -2.30. The molecule has 0 saturated carbocycles. The minimum absolute atomic E-state index is 0.0791. The van der Waals surface area contributed by atoms with E-state index < -0.39 is 12.1 Å². The van der Waals surface area contributed by atoms with Gasteiger partial charge in [0.1, 0.15) is 11.9 Å². The number of hydrogen-bond acceptors (Lipinski definition) is 6. The predicted molar refractivity (Wildman–Crippen MR) is 159 cm³/mol. The highest BCUT2D eigenvalue weighted by atomic mass is 32.1. The molecule has 0 aliphatic carbocycles. The minimum atomic E-state index is -0.660. The Balaban J connectivity index is 1.19. The Morgan fingerprint density at radius 1 is 1.07 bits per heavy atom. The maximum absolute atomic E-state index is 13.4. The average Bonchev–Trinajstić information content (AvgIpc) is 3.79. The molecule has 2 N–H and O–H groups in total. The lowest BCUT2D eigenvalue weighted by Crippen LogP contribution is -2.51. The van der Waals surface area contributed by atoms with E-state index in [0.29, 0.717) is 6.54 Å². The summed E-state index contributed by atoms with van der Waals surface area (Å²) < 4.78 is 6.88. The summed E-state index contributed by atoms with van der Waals surface area (Å²) in [5, 5.41) is 4.83. The number of likely N-dealkylation sites (tertiary alicyclic amines) is 1. The first-order valence-corrected chi connectivity index (χ1v) is 14.6. The van der Waals surface area contributed by atoms with Crippen molar-refractivity contribution in [2.45, 2.75) is 38.8 Å². The molecular weight excluding hydrogens is 536 g/mol. The number of carbonyl (C=O) groups is 2.